The maximum Gasteiger partial charge on any atom is 0.265 e. The number of aliphatic hydroxyl groups is 1. The third-order valence-electron chi connectivity index (χ3n) is 4.00. The topological polar surface area (TPSA) is 62.7 Å². The first-order valence-corrected chi connectivity index (χ1v) is 8.98. The Balaban J connectivity index is 1.83. The van der Waals surface area contributed by atoms with Gasteiger partial charge < -0.3 is 14.7 Å². The Morgan fingerprint density at radius 2 is 2.21 bits per heavy atom. The summed E-state index contributed by atoms with van der Waals surface area (Å²) >= 11 is 1.39. The van der Waals surface area contributed by atoms with E-state index in [4.69, 9.17) is 4.74 Å². The van der Waals surface area contributed by atoms with E-state index in [1.54, 1.807) is 18.0 Å². The molecule has 2 heterocycles. The lowest BCUT2D eigenvalue weighted by Gasteiger charge is -2.27. The Morgan fingerprint density at radius 3 is 2.92 bits per heavy atom. The van der Waals surface area contributed by atoms with Crippen LogP contribution in [0.4, 0.5) is 0 Å². The van der Waals surface area contributed by atoms with Crippen molar-refractivity contribution in [2.75, 3.05) is 13.2 Å². The van der Waals surface area contributed by atoms with Crippen molar-refractivity contribution >= 4 is 17.2 Å². The monoisotopic (exact) mass is 346 g/mol. The van der Waals surface area contributed by atoms with E-state index in [9.17, 15) is 9.90 Å². The van der Waals surface area contributed by atoms with Crippen LogP contribution < -0.4 is 4.74 Å². The lowest BCUT2D eigenvalue weighted by Crippen LogP contribution is -2.41. The second-order valence-electron chi connectivity index (χ2n) is 6.35. The summed E-state index contributed by atoms with van der Waals surface area (Å²) in [7, 11) is 0. The molecule has 1 aromatic heterocycles. The Morgan fingerprint density at radius 1 is 1.42 bits per heavy atom. The van der Waals surface area contributed by atoms with Crippen molar-refractivity contribution in [1.29, 1.82) is 0 Å². The van der Waals surface area contributed by atoms with E-state index < -0.39 is 6.10 Å². The molecule has 5 nitrogen and oxygen atoms in total. The molecule has 2 aromatic rings. The number of aromatic nitrogens is 1. The molecule has 0 fully saturated rings. The number of hydrogen-bond donors (Lipinski definition) is 1. The van der Waals surface area contributed by atoms with Crippen molar-refractivity contribution < 1.29 is 14.6 Å². The molecule has 0 aliphatic carbocycles. The van der Waals surface area contributed by atoms with Crippen LogP contribution in [0.5, 0.6) is 5.75 Å². The van der Waals surface area contributed by atoms with Gasteiger partial charge in [0.2, 0.25) is 0 Å². The van der Waals surface area contributed by atoms with Crippen molar-refractivity contribution in [2.45, 2.75) is 39.3 Å². The minimum absolute atomic E-state index is 0.0230. The Kier molecular flexibility index (Phi) is 4.87. The molecule has 1 amide bonds. The quantitative estimate of drug-likeness (QED) is 0.904. The molecule has 1 aromatic carbocycles. The minimum atomic E-state index is -0.555. The molecular weight excluding hydrogens is 324 g/mol. The average molecular weight is 346 g/mol. The summed E-state index contributed by atoms with van der Waals surface area (Å²) in [6.45, 7) is 6.63. The van der Waals surface area contributed by atoms with E-state index in [1.165, 1.54) is 16.9 Å². The second-order valence-corrected chi connectivity index (χ2v) is 7.38. The molecule has 1 atom stereocenters. The van der Waals surface area contributed by atoms with Gasteiger partial charge in [-0.3, -0.25) is 4.79 Å². The molecule has 0 radical (unpaired) electrons. The summed E-state index contributed by atoms with van der Waals surface area (Å²) in [5.41, 5.74) is 2.20. The summed E-state index contributed by atoms with van der Waals surface area (Å²) in [4.78, 5) is 19.4. The fourth-order valence-electron chi connectivity index (χ4n) is 2.78. The van der Waals surface area contributed by atoms with Gasteiger partial charge in [0.15, 0.2) is 0 Å². The predicted molar refractivity (Wildman–Crippen MR) is 94.6 cm³/mol. The predicted octanol–water partition coefficient (Wildman–Crippen LogP) is 2.98. The van der Waals surface area contributed by atoms with Crippen molar-refractivity contribution in [3.63, 3.8) is 0 Å². The highest BCUT2D eigenvalue weighted by molar-refractivity contribution is 7.16. The molecule has 6 heteroatoms. The van der Waals surface area contributed by atoms with Crippen LogP contribution in [0, 0.1) is 0 Å². The third-order valence-corrected chi connectivity index (χ3v) is 5.03. The molecule has 1 unspecified atom stereocenters. The van der Waals surface area contributed by atoms with E-state index >= 15 is 0 Å². The summed E-state index contributed by atoms with van der Waals surface area (Å²) in [6.07, 6.45) is 1.99. The molecule has 0 saturated carbocycles. The molecule has 1 aliphatic heterocycles. The number of fused-ring (bicyclic) bond motifs is 1. The largest absolute Gasteiger partial charge is 0.493 e. The van der Waals surface area contributed by atoms with Crippen LogP contribution in [0.25, 0.3) is 10.6 Å². The first-order valence-electron chi connectivity index (χ1n) is 8.16. The third kappa shape index (κ3) is 3.44. The van der Waals surface area contributed by atoms with Crippen LogP contribution in [0.2, 0.25) is 0 Å². The first kappa shape index (κ1) is 16.9. The normalized spacial score (nSPS) is 14.4. The SMILES string of the molecule is CC(O)CN(C(=O)c1cnc(-c2ccc3c(c2)CCO3)s1)C(C)C. The molecule has 24 heavy (non-hydrogen) atoms. The van der Waals surface area contributed by atoms with Gasteiger partial charge in [-0.25, -0.2) is 4.98 Å². The van der Waals surface area contributed by atoms with Gasteiger partial charge in [-0.05, 0) is 44.5 Å². The maximum atomic E-state index is 12.7. The number of amides is 1. The number of benzene rings is 1. The van der Waals surface area contributed by atoms with Gasteiger partial charge >= 0.3 is 0 Å². The Labute approximate surface area is 145 Å². The van der Waals surface area contributed by atoms with Gasteiger partial charge in [-0.2, -0.15) is 0 Å². The summed E-state index contributed by atoms with van der Waals surface area (Å²) in [5.74, 6) is 0.855. The number of ether oxygens (including phenoxy) is 1. The van der Waals surface area contributed by atoms with E-state index in [0.29, 0.717) is 11.4 Å². The smallest absolute Gasteiger partial charge is 0.265 e. The highest BCUT2D eigenvalue weighted by atomic mass is 32.1. The number of nitrogens with zero attached hydrogens (tertiary/aromatic N) is 2. The Hall–Kier alpha value is -1.92. The van der Waals surface area contributed by atoms with Crippen LogP contribution in [-0.4, -0.2) is 46.2 Å². The molecule has 0 saturated heterocycles. The molecule has 3 rings (SSSR count). The number of aliphatic hydroxyl groups excluding tert-OH is 1. The number of thiazole rings is 1. The molecule has 0 bridgehead atoms. The molecular formula is C18H22N2O3S. The van der Waals surface area contributed by atoms with E-state index in [1.807, 2.05) is 26.0 Å². The number of carbonyl (C=O) groups excluding carboxylic acids is 1. The van der Waals surface area contributed by atoms with E-state index in [2.05, 4.69) is 11.1 Å². The second kappa shape index (κ2) is 6.91. The number of hydrogen-bond acceptors (Lipinski definition) is 5. The minimum Gasteiger partial charge on any atom is -0.493 e. The van der Waals surface area contributed by atoms with Crippen LogP contribution in [-0.2, 0) is 6.42 Å². The average Bonchev–Trinajstić information content (AvgIpc) is 3.19. The molecule has 0 spiro atoms. The summed E-state index contributed by atoms with van der Waals surface area (Å²) in [5, 5.41) is 10.4. The van der Waals surface area contributed by atoms with Crippen LogP contribution in [0.1, 0.15) is 36.0 Å². The Bertz CT molecular complexity index is 740. The van der Waals surface area contributed by atoms with Gasteiger partial charge in [0, 0.05) is 24.6 Å². The van der Waals surface area contributed by atoms with Crippen LogP contribution in [0.15, 0.2) is 24.4 Å². The zero-order valence-corrected chi connectivity index (χ0v) is 15.0. The van der Waals surface area contributed by atoms with Crippen molar-refractivity contribution in [3.8, 4) is 16.3 Å². The number of carbonyl (C=O) groups is 1. The van der Waals surface area contributed by atoms with E-state index in [0.717, 1.165) is 29.3 Å². The van der Waals surface area contributed by atoms with Crippen LogP contribution >= 0.6 is 11.3 Å². The highest BCUT2D eigenvalue weighted by Crippen LogP contribution is 2.32. The lowest BCUT2D eigenvalue weighted by molar-refractivity contribution is 0.0583. The van der Waals surface area contributed by atoms with Crippen molar-refractivity contribution in [2.24, 2.45) is 0 Å². The highest BCUT2D eigenvalue weighted by Gasteiger charge is 2.23. The fraction of sp³-hybridized carbons (Fsp3) is 0.444. The van der Waals surface area contributed by atoms with Gasteiger partial charge in [0.1, 0.15) is 15.6 Å². The fourth-order valence-corrected chi connectivity index (χ4v) is 3.65. The molecule has 128 valence electrons. The number of rotatable bonds is 5. The maximum absolute atomic E-state index is 12.7. The molecule has 1 aliphatic rings. The van der Waals surface area contributed by atoms with Crippen molar-refractivity contribution in [3.05, 3.63) is 34.8 Å². The van der Waals surface area contributed by atoms with Gasteiger partial charge in [0.05, 0.1) is 18.9 Å². The van der Waals surface area contributed by atoms with E-state index in [-0.39, 0.29) is 11.9 Å². The van der Waals surface area contributed by atoms with Crippen LogP contribution in [0.3, 0.4) is 0 Å². The standard InChI is InChI=1S/C18H22N2O3S/c1-11(2)20(10-12(3)21)18(22)16-9-19-17(24-16)14-4-5-15-13(8-14)6-7-23-15/h4-5,8-9,11-12,21H,6-7,10H2,1-3H3. The van der Waals surface area contributed by atoms with Gasteiger partial charge in [-0.1, -0.05) is 0 Å². The zero-order valence-electron chi connectivity index (χ0n) is 14.2. The molecule has 1 N–H and O–H groups in total. The summed E-state index contributed by atoms with van der Waals surface area (Å²) < 4.78 is 5.53. The summed E-state index contributed by atoms with van der Waals surface area (Å²) in [6, 6.07) is 6.06. The van der Waals surface area contributed by atoms with Crippen molar-refractivity contribution in [1.82, 2.24) is 9.88 Å². The van der Waals surface area contributed by atoms with Gasteiger partial charge in [-0.15, -0.1) is 11.3 Å². The van der Waals surface area contributed by atoms with Gasteiger partial charge in [0.25, 0.3) is 5.91 Å². The zero-order chi connectivity index (χ0) is 17.3. The lowest BCUT2D eigenvalue weighted by atomic mass is 10.1. The first-order chi connectivity index (χ1) is 11.5.